The van der Waals surface area contributed by atoms with Gasteiger partial charge >= 0.3 is 5.97 Å². The maximum Gasteiger partial charge on any atom is 0.323 e. The SMILES string of the molecule is CCC(C)NC(=O)CC(NCCO)C(=O)OC. The van der Waals surface area contributed by atoms with Crippen molar-refractivity contribution in [2.45, 2.75) is 38.8 Å². The molecule has 0 saturated carbocycles. The lowest BCUT2D eigenvalue weighted by Gasteiger charge is -2.17. The summed E-state index contributed by atoms with van der Waals surface area (Å²) in [7, 11) is 1.27. The molecule has 2 unspecified atom stereocenters. The first-order chi connectivity index (χ1) is 8.04. The van der Waals surface area contributed by atoms with Crippen LogP contribution >= 0.6 is 0 Å². The van der Waals surface area contributed by atoms with E-state index < -0.39 is 12.0 Å². The topological polar surface area (TPSA) is 87.7 Å². The molecular formula is C11H22N2O4. The van der Waals surface area contributed by atoms with Gasteiger partial charge in [0, 0.05) is 12.6 Å². The molecular weight excluding hydrogens is 224 g/mol. The Morgan fingerprint density at radius 2 is 2.06 bits per heavy atom. The number of amides is 1. The van der Waals surface area contributed by atoms with E-state index in [4.69, 9.17) is 5.11 Å². The van der Waals surface area contributed by atoms with Gasteiger partial charge in [0.15, 0.2) is 0 Å². The third kappa shape index (κ3) is 6.91. The van der Waals surface area contributed by atoms with Gasteiger partial charge in [-0.1, -0.05) is 6.92 Å². The molecule has 0 aliphatic heterocycles. The molecule has 2 atom stereocenters. The van der Waals surface area contributed by atoms with Gasteiger partial charge in [0.2, 0.25) is 5.91 Å². The number of methoxy groups -OCH3 is 1. The highest BCUT2D eigenvalue weighted by atomic mass is 16.5. The Morgan fingerprint density at radius 3 is 2.53 bits per heavy atom. The largest absolute Gasteiger partial charge is 0.468 e. The number of ether oxygens (including phenoxy) is 1. The number of nitrogens with one attached hydrogen (secondary N) is 2. The van der Waals surface area contributed by atoms with Crippen molar-refractivity contribution in [2.75, 3.05) is 20.3 Å². The van der Waals surface area contributed by atoms with Crippen molar-refractivity contribution in [1.29, 1.82) is 0 Å². The Labute approximate surface area is 102 Å². The predicted molar refractivity (Wildman–Crippen MR) is 63.4 cm³/mol. The first kappa shape index (κ1) is 15.9. The van der Waals surface area contributed by atoms with E-state index in [-0.39, 0.29) is 31.5 Å². The summed E-state index contributed by atoms with van der Waals surface area (Å²) in [4.78, 5) is 22.9. The van der Waals surface area contributed by atoms with E-state index in [1.807, 2.05) is 13.8 Å². The van der Waals surface area contributed by atoms with Gasteiger partial charge in [-0.25, -0.2) is 0 Å². The second kappa shape index (κ2) is 8.95. The standard InChI is InChI=1S/C11H22N2O4/c1-4-8(2)13-10(15)7-9(11(16)17-3)12-5-6-14/h8-9,12,14H,4-7H2,1-3H3,(H,13,15). The highest BCUT2D eigenvalue weighted by Gasteiger charge is 2.22. The van der Waals surface area contributed by atoms with Gasteiger partial charge in [0.05, 0.1) is 20.1 Å². The Kier molecular flexibility index (Phi) is 8.35. The zero-order valence-corrected chi connectivity index (χ0v) is 10.7. The van der Waals surface area contributed by atoms with Crippen LogP contribution < -0.4 is 10.6 Å². The molecule has 0 aromatic heterocycles. The Balaban J connectivity index is 4.22. The van der Waals surface area contributed by atoms with Crippen LogP contribution in [0.5, 0.6) is 0 Å². The second-order valence-electron chi connectivity index (χ2n) is 3.83. The van der Waals surface area contributed by atoms with Crippen LogP contribution in [0, 0.1) is 0 Å². The zero-order valence-electron chi connectivity index (χ0n) is 10.7. The summed E-state index contributed by atoms with van der Waals surface area (Å²) in [6.45, 7) is 4.01. The lowest BCUT2D eigenvalue weighted by Crippen LogP contribution is -2.44. The summed E-state index contributed by atoms with van der Waals surface area (Å²) >= 11 is 0. The lowest BCUT2D eigenvalue weighted by atomic mass is 10.1. The van der Waals surface area contributed by atoms with E-state index in [2.05, 4.69) is 15.4 Å². The number of hydrogen-bond donors (Lipinski definition) is 3. The second-order valence-corrected chi connectivity index (χ2v) is 3.83. The first-order valence-electron chi connectivity index (χ1n) is 5.76. The molecule has 0 bridgehead atoms. The number of aliphatic hydroxyl groups excluding tert-OH is 1. The van der Waals surface area contributed by atoms with Gasteiger partial charge < -0.3 is 20.5 Å². The van der Waals surface area contributed by atoms with Crippen molar-refractivity contribution >= 4 is 11.9 Å². The van der Waals surface area contributed by atoms with Crippen LogP contribution in [0.15, 0.2) is 0 Å². The van der Waals surface area contributed by atoms with Crippen LogP contribution in [0.3, 0.4) is 0 Å². The minimum absolute atomic E-state index is 0.0109. The molecule has 0 aliphatic rings. The van der Waals surface area contributed by atoms with E-state index >= 15 is 0 Å². The average Bonchev–Trinajstić information content (AvgIpc) is 2.33. The molecule has 0 saturated heterocycles. The summed E-state index contributed by atoms with van der Waals surface area (Å²) in [6.07, 6.45) is 0.843. The molecule has 0 spiro atoms. The third-order valence-electron chi connectivity index (χ3n) is 2.40. The van der Waals surface area contributed by atoms with E-state index in [1.54, 1.807) is 0 Å². The van der Waals surface area contributed by atoms with Gasteiger partial charge in [-0.3, -0.25) is 9.59 Å². The van der Waals surface area contributed by atoms with Crippen molar-refractivity contribution in [2.24, 2.45) is 0 Å². The molecule has 0 heterocycles. The molecule has 3 N–H and O–H groups in total. The maximum absolute atomic E-state index is 11.6. The number of carbonyl (C=O) groups excluding carboxylic acids is 2. The quantitative estimate of drug-likeness (QED) is 0.498. The van der Waals surface area contributed by atoms with Crippen LogP contribution in [0.1, 0.15) is 26.7 Å². The van der Waals surface area contributed by atoms with Gasteiger partial charge in [0.25, 0.3) is 0 Å². The van der Waals surface area contributed by atoms with Crippen LogP contribution in [-0.2, 0) is 14.3 Å². The monoisotopic (exact) mass is 246 g/mol. The number of carbonyl (C=O) groups is 2. The summed E-state index contributed by atoms with van der Waals surface area (Å²) in [5, 5.41) is 14.2. The normalized spacial score (nSPS) is 13.9. The van der Waals surface area contributed by atoms with Crippen molar-refractivity contribution in [3.8, 4) is 0 Å². The highest BCUT2D eigenvalue weighted by Crippen LogP contribution is 1.97. The Morgan fingerprint density at radius 1 is 1.41 bits per heavy atom. The molecule has 0 aliphatic carbocycles. The van der Waals surface area contributed by atoms with Gasteiger partial charge in [0.1, 0.15) is 6.04 Å². The molecule has 0 aromatic carbocycles. The van der Waals surface area contributed by atoms with E-state index in [0.29, 0.717) is 0 Å². The molecule has 0 radical (unpaired) electrons. The number of esters is 1. The molecule has 0 rings (SSSR count). The molecule has 0 fully saturated rings. The van der Waals surface area contributed by atoms with Crippen LogP contribution in [0.25, 0.3) is 0 Å². The fourth-order valence-corrected chi connectivity index (χ4v) is 1.24. The molecule has 1 amide bonds. The van der Waals surface area contributed by atoms with E-state index in [1.165, 1.54) is 7.11 Å². The van der Waals surface area contributed by atoms with Crippen molar-refractivity contribution in [3.05, 3.63) is 0 Å². The van der Waals surface area contributed by atoms with Crippen LogP contribution in [0.4, 0.5) is 0 Å². The van der Waals surface area contributed by atoms with Crippen molar-refractivity contribution < 1.29 is 19.4 Å². The molecule has 17 heavy (non-hydrogen) atoms. The lowest BCUT2D eigenvalue weighted by molar-refractivity contribution is -0.145. The average molecular weight is 246 g/mol. The summed E-state index contributed by atoms with van der Waals surface area (Å²) in [5.41, 5.74) is 0. The van der Waals surface area contributed by atoms with Crippen LogP contribution in [0.2, 0.25) is 0 Å². The molecule has 0 aromatic rings. The fourth-order valence-electron chi connectivity index (χ4n) is 1.24. The van der Waals surface area contributed by atoms with E-state index in [0.717, 1.165) is 6.42 Å². The van der Waals surface area contributed by atoms with Crippen molar-refractivity contribution in [3.63, 3.8) is 0 Å². The number of rotatable bonds is 8. The Bertz CT molecular complexity index is 246. The molecule has 6 heteroatoms. The smallest absolute Gasteiger partial charge is 0.323 e. The zero-order chi connectivity index (χ0) is 13.3. The van der Waals surface area contributed by atoms with Gasteiger partial charge in [-0.05, 0) is 13.3 Å². The molecule has 6 nitrogen and oxygen atoms in total. The minimum Gasteiger partial charge on any atom is -0.468 e. The van der Waals surface area contributed by atoms with Gasteiger partial charge in [-0.2, -0.15) is 0 Å². The van der Waals surface area contributed by atoms with Crippen molar-refractivity contribution in [1.82, 2.24) is 10.6 Å². The number of aliphatic hydroxyl groups is 1. The van der Waals surface area contributed by atoms with Gasteiger partial charge in [-0.15, -0.1) is 0 Å². The maximum atomic E-state index is 11.6. The summed E-state index contributed by atoms with van der Waals surface area (Å²) in [6, 6.07) is -0.630. The fraction of sp³-hybridized carbons (Fsp3) is 0.818. The third-order valence-corrected chi connectivity index (χ3v) is 2.40. The molecule has 100 valence electrons. The number of hydrogen-bond acceptors (Lipinski definition) is 5. The predicted octanol–water partition coefficient (Wildman–Crippen LogP) is -0.585. The Hall–Kier alpha value is -1.14. The van der Waals surface area contributed by atoms with Crippen LogP contribution in [-0.4, -0.2) is 49.3 Å². The summed E-state index contributed by atoms with van der Waals surface area (Å²) in [5.74, 6) is -0.710. The summed E-state index contributed by atoms with van der Waals surface area (Å²) < 4.78 is 4.58. The minimum atomic E-state index is -0.712. The highest BCUT2D eigenvalue weighted by molar-refractivity contribution is 5.85. The van der Waals surface area contributed by atoms with E-state index in [9.17, 15) is 9.59 Å². The first-order valence-corrected chi connectivity index (χ1v) is 5.76.